The second kappa shape index (κ2) is 5.65. The number of rotatable bonds is 3. The van der Waals surface area contributed by atoms with E-state index < -0.39 is 0 Å². The number of carbonyl (C=O) groups is 2. The summed E-state index contributed by atoms with van der Waals surface area (Å²) < 4.78 is 0. The van der Waals surface area contributed by atoms with Crippen molar-refractivity contribution in [3.8, 4) is 0 Å². The van der Waals surface area contributed by atoms with Gasteiger partial charge in [0.05, 0.1) is 17.1 Å². The van der Waals surface area contributed by atoms with Crippen LogP contribution in [0, 0.1) is 5.92 Å². The molecule has 1 saturated heterocycles. The zero-order chi connectivity index (χ0) is 15.8. The van der Waals surface area contributed by atoms with E-state index in [9.17, 15) is 9.59 Å². The molecule has 1 aromatic carbocycles. The Morgan fingerprint density at radius 1 is 1.22 bits per heavy atom. The molecular weight excluding hydrogens is 290 g/mol. The van der Waals surface area contributed by atoms with Crippen LogP contribution < -0.4 is 5.32 Å². The first-order valence-corrected chi connectivity index (χ1v) is 8.16. The van der Waals surface area contributed by atoms with E-state index in [1.165, 1.54) is 6.42 Å². The molecule has 2 aliphatic rings. The van der Waals surface area contributed by atoms with Gasteiger partial charge in [0.2, 0.25) is 11.8 Å². The molecule has 2 aromatic rings. The fourth-order valence-corrected chi connectivity index (χ4v) is 3.40. The van der Waals surface area contributed by atoms with Gasteiger partial charge in [-0.15, -0.1) is 0 Å². The molecule has 5 nitrogen and oxygen atoms in total. The summed E-state index contributed by atoms with van der Waals surface area (Å²) in [5.74, 6) is -0.230. The van der Waals surface area contributed by atoms with Crippen LogP contribution in [0.1, 0.15) is 25.7 Å². The lowest BCUT2D eigenvalue weighted by Gasteiger charge is -2.34. The number of aromatic nitrogens is 1. The first kappa shape index (κ1) is 14.2. The highest BCUT2D eigenvalue weighted by Crippen LogP contribution is 2.31. The van der Waals surface area contributed by atoms with Crippen molar-refractivity contribution in [1.29, 1.82) is 0 Å². The Bertz CT molecular complexity index is 764. The third-order valence-corrected chi connectivity index (χ3v) is 4.94. The number of likely N-dealkylation sites (tertiary alicyclic amines) is 1. The maximum atomic E-state index is 12.6. The van der Waals surface area contributed by atoms with E-state index in [2.05, 4.69) is 10.3 Å². The van der Waals surface area contributed by atoms with Crippen molar-refractivity contribution in [3.63, 3.8) is 0 Å². The maximum Gasteiger partial charge on any atom is 0.229 e. The molecule has 118 valence electrons. The highest BCUT2D eigenvalue weighted by molar-refractivity contribution is 6.03. The van der Waals surface area contributed by atoms with Crippen LogP contribution in [0.2, 0.25) is 0 Å². The standard InChI is InChI=1S/C18H19N3O2/c22-16-10-13(11-21(16)14-6-2-7-14)18(23)20-15-8-1-4-12-5-3-9-19-17(12)15/h1,3-5,8-9,13-14H,2,6-7,10-11H2,(H,20,23). The van der Waals surface area contributed by atoms with E-state index in [0.717, 1.165) is 23.7 Å². The molecular formula is C18H19N3O2. The number of nitrogens with one attached hydrogen (secondary N) is 1. The Labute approximate surface area is 134 Å². The van der Waals surface area contributed by atoms with Gasteiger partial charge in [0.1, 0.15) is 0 Å². The predicted molar refractivity (Wildman–Crippen MR) is 87.8 cm³/mol. The molecule has 1 unspecified atom stereocenters. The summed E-state index contributed by atoms with van der Waals surface area (Å²) in [5.41, 5.74) is 1.49. The van der Waals surface area contributed by atoms with Crippen LogP contribution in [0.4, 0.5) is 5.69 Å². The number of amides is 2. The molecule has 0 spiro atoms. The van der Waals surface area contributed by atoms with Crippen molar-refractivity contribution in [1.82, 2.24) is 9.88 Å². The molecule has 1 aliphatic carbocycles. The lowest BCUT2D eigenvalue weighted by atomic mass is 9.92. The summed E-state index contributed by atoms with van der Waals surface area (Å²) >= 11 is 0. The molecule has 1 saturated carbocycles. The smallest absolute Gasteiger partial charge is 0.229 e. The highest BCUT2D eigenvalue weighted by Gasteiger charge is 2.39. The van der Waals surface area contributed by atoms with Gasteiger partial charge in [0, 0.05) is 30.6 Å². The number of para-hydroxylation sites is 1. The summed E-state index contributed by atoms with van der Waals surface area (Å²) in [7, 11) is 0. The second-order valence-electron chi connectivity index (χ2n) is 6.40. The number of benzene rings is 1. The summed E-state index contributed by atoms with van der Waals surface area (Å²) in [5, 5.41) is 3.95. The van der Waals surface area contributed by atoms with Gasteiger partial charge in [-0.2, -0.15) is 0 Å². The van der Waals surface area contributed by atoms with Gasteiger partial charge in [0.15, 0.2) is 0 Å². The van der Waals surface area contributed by atoms with Gasteiger partial charge in [-0.1, -0.05) is 18.2 Å². The minimum Gasteiger partial charge on any atom is -0.339 e. The van der Waals surface area contributed by atoms with Crippen LogP contribution in [-0.2, 0) is 9.59 Å². The fraction of sp³-hybridized carbons (Fsp3) is 0.389. The summed E-state index contributed by atoms with van der Waals surface area (Å²) in [6.07, 6.45) is 5.38. The largest absolute Gasteiger partial charge is 0.339 e. The Morgan fingerprint density at radius 2 is 2.04 bits per heavy atom. The van der Waals surface area contributed by atoms with Crippen LogP contribution in [0.25, 0.3) is 10.9 Å². The zero-order valence-electron chi connectivity index (χ0n) is 12.9. The minimum atomic E-state index is -0.262. The van der Waals surface area contributed by atoms with E-state index in [1.54, 1.807) is 6.20 Å². The fourth-order valence-electron chi connectivity index (χ4n) is 3.40. The van der Waals surface area contributed by atoms with Crippen LogP contribution in [0.15, 0.2) is 36.5 Å². The van der Waals surface area contributed by atoms with Gasteiger partial charge in [-0.25, -0.2) is 0 Å². The average molecular weight is 309 g/mol. The van der Waals surface area contributed by atoms with Crippen LogP contribution in [-0.4, -0.2) is 34.3 Å². The van der Waals surface area contributed by atoms with Crippen molar-refractivity contribution in [3.05, 3.63) is 36.5 Å². The van der Waals surface area contributed by atoms with E-state index in [1.807, 2.05) is 35.2 Å². The van der Waals surface area contributed by atoms with Crippen molar-refractivity contribution < 1.29 is 9.59 Å². The molecule has 1 aliphatic heterocycles. The first-order chi connectivity index (χ1) is 11.2. The maximum absolute atomic E-state index is 12.6. The first-order valence-electron chi connectivity index (χ1n) is 8.16. The molecule has 0 radical (unpaired) electrons. The number of nitrogens with zero attached hydrogens (tertiary/aromatic N) is 2. The van der Waals surface area contributed by atoms with Gasteiger partial charge < -0.3 is 10.2 Å². The normalized spacial score (nSPS) is 21.5. The average Bonchev–Trinajstić information content (AvgIpc) is 2.88. The molecule has 1 atom stereocenters. The number of carbonyl (C=O) groups excluding carboxylic acids is 2. The molecule has 2 heterocycles. The topological polar surface area (TPSA) is 62.3 Å². The third kappa shape index (κ3) is 2.56. The third-order valence-electron chi connectivity index (χ3n) is 4.94. The lowest BCUT2D eigenvalue weighted by molar-refractivity contribution is -0.131. The van der Waals surface area contributed by atoms with E-state index >= 15 is 0 Å². The van der Waals surface area contributed by atoms with Gasteiger partial charge in [0.25, 0.3) is 0 Å². The van der Waals surface area contributed by atoms with Crippen LogP contribution in [0.5, 0.6) is 0 Å². The van der Waals surface area contributed by atoms with Crippen LogP contribution in [0.3, 0.4) is 0 Å². The Morgan fingerprint density at radius 3 is 2.83 bits per heavy atom. The molecule has 4 rings (SSSR count). The van der Waals surface area contributed by atoms with Crippen molar-refractivity contribution >= 4 is 28.4 Å². The van der Waals surface area contributed by atoms with Gasteiger partial charge >= 0.3 is 0 Å². The molecule has 1 N–H and O–H groups in total. The molecule has 0 bridgehead atoms. The number of anilines is 1. The van der Waals surface area contributed by atoms with E-state index in [-0.39, 0.29) is 17.7 Å². The molecule has 5 heteroatoms. The van der Waals surface area contributed by atoms with Crippen molar-refractivity contribution in [2.75, 3.05) is 11.9 Å². The zero-order valence-corrected chi connectivity index (χ0v) is 12.9. The van der Waals surface area contributed by atoms with Gasteiger partial charge in [-0.3, -0.25) is 14.6 Å². The number of hydrogen-bond acceptors (Lipinski definition) is 3. The highest BCUT2D eigenvalue weighted by atomic mass is 16.2. The molecule has 2 fully saturated rings. The summed E-state index contributed by atoms with van der Waals surface area (Å²) in [4.78, 5) is 30.9. The Balaban J connectivity index is 1.50. The quantitative estimate of drug-likeness (QED) is 0.948. The summed E-state index contributed by atoms with van der Waals surface area (Å²) in [6, 6.07) is 9.93. The molecule has 23 heavy (non-hydrogen) atoms. The summed E-state index contributed by atoms with van der Waals surface area (Å²) in [6.45, 7) is 0.549. The van der Waals surface area contributed by atoms with E-state index in [4.69, 9.17) is 0 Å². The Hall–Kier alpha value is -2.43. The number of pyridine rings is 1. The monoisotopic (exact) mass is 309 g/mol. The minimum absolute atomic E-state index is 0.0849. The SMILES string of the molecule is O=C(Nc1cccc2cccnc12)C1CC(=O)N(C2CCC2)C1. The van der Waals surface area contributed by atoms with E-state index in [0.29, 0.717) is 24.7 Å². The van der Waals surface area contributed by atoms with Crippen molar-refractivity contribution in [2.24, 2.45) is 5.92 Å². The Kier molecular flexibility index (Phi) is 3.48. The lowest BCUT2D eigenvalue weighted by Crippen LogP contribution is -2.41. The van der Waals surface area contributed by atoms with Gasteiger partial charge in [-0.05, 0) is 31.4 Å². The second-order valence-corrected chi connectivity index (χ2v) is 6.40. The molecule has 1 aromatic heterocycles. The number of hydrogen-bond donors (Lipinski definition) is 1. The predicted octanol–water partition coefficient (Wildman–Crippen LogP) is 2.57. The van der Waals surface area contributed by atoms with Crippen LogP contribution >= 0.6 is 0 Å². The number of fused-ring (bicyclic) bond motifs is 1. The van der Waals surface area contributed by atoms with Crippen molar-refractivity contribution in [2.45, 2.75) is 31.7 Å². The molecule has 2 amide bonds.